The van der Waals surface area contributed by atoms with E-state index in [1.165, 1.54) is 11.1 Å². The number of sulfone groups is 1. The highest BCUT2D eigenvalue weighted by molar-refractivity contribution is 7.91. The lowest BCUT2D eigenvalue weighted by Gasteiger charge is -2.28. The zero-order valence-corrected chi connectivity index (χ0v) is 20.5. The molecule has 3 aromatic heterocycles. The fraction of sp³-hybridized carbons (Fsp3) is 0.435. The number of H-pyrrole nitrogens is 1. The second-order valence-electron chi connectivity index (χ2n) is 9.01. The number of aromatic nitrogens is 4. The number of thiophene rings is 1. The molecule has 0 saturated carbocycles. The number of morpholine rings is 1. The number of nitrogens with one attached hydrogen (secondary N) is 1. The van der Waals surface area contributed by atoms with Crippen LogP contribution in [0, 0.1) is 0 Å². The normalized spacial score (nSPS) is 20.0. The number of benzene rings is 1. The Morgan fingerprint density at radius 2 is 2.09 bits per heavy atom. The minimum absolute atomic E-state index is 0. The van der Waals surface area contributed by atoms with Crippen molar-refractivity contribution in [1.82, 2.24) is 25.1 Å². The molecule has 34 heavy (non-hydrogen) atoms. The van der Waals surface area contributed by atoms with Crippen LogP contribution in [0.3, 0.4) is 0 Å². The smallest absolute Gasteiger partial charge is 0.162 e. The number of nitrogens with zero attached hydrogens (tertiary/aromatic N) is 5. The van der Waals surface area contributed by atoms with Gasteiger partial charge in [-0.05, 0) is 25.1 Å². The first-order valence-corrected chi connectivity index (χ1v) is 14.2. The molecule has 0 bridgehead atoms. The van der Waals surface area contributed by atoms with Crippen LogP contribution in [0.2, 0.25) is 0 Å². The van der Waals surface area contributed by atoms with Gasteiger partial charge in [-0.1, -0.05) is 12.1 Å². The molecule has 2 saturated heterocycles. The van der Waals surface area contributed by atoms with Crippen LogP contribution in [0.1, 0.15) is 12.7 Å². The summed E-state index contributed by atoms with van der Waals surface area (Å²) >= 11 is 1.71. The van der Waals surface area contributed by atoms with Crippen molar-refractivity contribution >= 4 is 48.1 Å². The van der Waals surface area contributed by atoms with E-state index in [2.05, 4.69) is 26.1 Å². The van der Waals surface area contributed by atoms with Crippen LogP contribution in [0.15, 0.2) is 30.5 Å². The molecule has 4 aromatic rings. The number of likely N-dealkylation sites (tertiary alicyclic amines) is 1. The molecule has 0 radical (unpaired) electrons. The molecule has 6 rings (SSSR count). The summed E-state index contributed by atoms with van der Waals surface area (Å²) in [6, 6.07) is 8.15. The third-order valence-corrected chi connectivity index (χ3v) is 9.36. The number of hydrogen-bond donors (Lipinski definition) is 1. The van der Waals surface area contributed by atoms with Crippen molar-refractivity contribution in [3.63, 3.8) is 0 Å². The van der Waals surface area contributed by atoms with Crippen LogP contribution in [0.4, 0.5) is 5.82 Å². The monoisotopic (exact) mass is 500 g/mol. The van der Waals surface area contributed by atoms with E-state index in [0.717, 1.165) is 58.7 Å². The Hall–Kier alpha value is -2.60. The van der Waals surface area contributed by atoms with Gasteiger partial charge in [0.25, 0.3) is 0 Å². The minimum Gasteiger partial charge on any atom is -0.378 e. The number of aromatic amines is 1. The van der Waals surface area contributed by atoms with Crippen molar-refractivity contribution < 1.29 is 14.6 Å². The van der Waals surface area contributed by atoms with Crippen molar-refractivity contribution in [3.8, 4) is 11.4 Å². The van der Waals surface area contributed by atoms with Gasteiger partial charge < -0.3 is 9.64 Å². The fourth-order valence-corrected chi connectivity index (χ4v) is 7.00. The number of fused-ring (bicyclic) bond motifs is 2. The van der Waals surface area contributed by atoms with Crippen LogP contribution < -0.4 is 4.90 Å². The SMILES string of the molecule is CS(=O)(=O)C1CCN(Cc2cc3nc(-c4cccc5[nH]ncc45)nc(N4CCOCC4)c3s2)C1.[HH]. The topological polar surface area (TPSA) is 104 Å². The molecular formula is C23H28N6O3S2. The molecular weight excluding hydrogens is 472 g/mol. The highest BCUT2D eigenvalue weighted by Crippen LogP contribution is 2.36. The van der Waals surface area contributed by atoms with Gasteiger partial charge >= 0.3 is 0 Å². The molecule has 1 unspecified atom stereocenters. The lowest BCUT2D eigenvalue weighted by atomic mass is 10.1. The minimum atomic E-state index is -3.01. The van der Waals surface area contributed by atoms with E-state index in [1.807, 2.05) is 24.4 Å². The Labute approximate surface area is 203 Å². The maximum atomic E-state index is 12.0. The van der Waals surface area contributed by atoms with Crippen LogP contribution in [-0.2, 0) is 21.1 Å². The highest BCUT2D eigenvalue weighted by atomic mass is 32.2. The summed E-state index contributed by atoms with van der Waals surface area (Å²) in [5.41, 5.74) is 2.83. The van der Waals surface area contributed by atoms with E-state index in [4.69, 9.17) is 14.7 Å². The van der Waals surface area contributed by atoms with Crippen LogP contribution >= 0.6 is 11.3 Å². The van der Waals surface area contributed by atoms with Gasteiger partial charge in [0.05, 0.1) is 40.4 Å². The Balaban J connectivity index is 0.00000253. The quantitative estimate of drug-likeness (QED) is 0.446. The molecule has 0 spiro atoms. The second kappa shape index (κ2) is 8.56. The van der Waals surface area contributed by atoms with E-state index in [0.29, 0.717) is 32.0 Å². The van der Waals surface area contributed by atoms with E-state index in [-0.39, 0.29) is 6.68 Å². The third-order valence-electron chi connectivity index (χ3n) is 6.66. The zero-order chi connectivity index (χ0) is 23.3. The van der Waals surface area contributed by atoms with Crippen molar-refractivity contribution in [2.24, 2.45) is 0 Å². The standard InChI is InChI=1S/C23H26N6O3S2.H2/c1-34(30,31)16-5-6-28(14-16)13-15-11-20-21(33-15)23(29-7-9-32-10-8-29)26-22(25-20)17-3-2-4-19-18(17)12-24-27-19;/h2-4,11-12,16H,5-10,13-14H2,1H3,(H,24,27);1H. The van der Waals surface area contributed by atoms with Gasteiger partial charge in [0, 0.05) is 49.7 Å². The van der Waals surface area contributed by atoms with E-state index in [1.54, 1.807) is 11.3 Å². The first kappa shape index (κ1) is 21.9. The first-order chi connectivity index (χ1) is 16.5. The van der Waals surface area contributed by atoms with Crippen LogP contribution in [0.25, 0.3) is 32.5 Å². The third kappa shape index (κ3) is 4.06. The summed E-state index contributed by atoms with van der Waals surface area (Å²) < 4.78 is 30.6. The summed E-state index contributed by atoms with van der Waals surface area (Å²) in [6.07, 6.45) is 3.85. The summed E-state index contributed by atoms with van der Waals surface area (Å²) in [4.78, 5) is 15.7. The van der Waals surface area contributed by atoms with E-state index in [9.17, 15) is 8.42 Å². The average Bonchev–Trinajstić information content (AvgIpc) is 3.57. The second-order valence-corrected chi connectivity index (χ2v) is 12.5. The lowest BCUT2D eigenvalue weighted by Crippen LogP contribution is -2.36. The average molecular weight is 501 g/mol. The molecule has 2 fully saturated rings. The van der Waals surface area contributed by atoms with Crippen molar-refractivity contribution in [3.05, 3.63) is 35.3 Å². The molecule has 1 atom stereocenters. The van der Waals surface area contributed by atoms with Gasteiger partial charge in [0.2, 0.25) is 0 Å². The molecule has 2 aliphatic heterocycles. The molecule has 180 valence electrons. The van der Waals surface area contributed by atoms with Crippen molar-refractivity contribution in [2.45, 2.75) is 18.2 Å². The Kier molecular flexibility index (Phi) is 5.51. The van der Waals surface area contributed by atoms with Gasteiger partial charge in [-0.3, -0.25) is 10.00 Å². The van der Waals surface area contributed by atoms with Gasteiger partial charge in [-0.2, -0.15) is 5.10 Å². The lowest BCUT2D eigenvalue weighted by molar-refractivity contribution is 0.122. The molecule has 0 amide bonds. The van der Waals surface area contributed by atoms with Crippen molar-refractivity contribution in [2.75, 3.05) is 50.5 Å². The number of hydrogen-bond acceptors (Lipinski definition) is 9. The zero-order valence-electron chi connectivity index (χ0n) is 18.9. The van der Waals surface area contributed by atoms with E-state index >= 15 is 0 Å². The highest BCUT2D eigenvalue weighted by Gasteiger charge is 2.30. The predicted molar refractivity (Wildman–Crippen MR) is 136 cm³/mol. The first-order valence-electron chi connectivity index (χ1n) is 11.4. The Morgan fingerprint density at radius 3 is 2.88 bits per heavy atom. The predicted octanol–water partition coefficient (Wildman–Crippen LogP) is 2.94. The Bertz CT molecular complexity index is 1460. The summed E-state index contributed by atoms with van der Waals surface area (Å²) in [7, 11) is -3.01. The summed E-state index contributed by atoms with van der Waals surface area (Å²) in [5, 5.41) is 7.94. The van der Waals surface area contributed by atoms with Crippen molar-refractivity contribution in [1.29, 1.82) is 0 Å². The Morgan fingerprint density at radius 1 is 1.24 bits per heavy atom. The van der Waals surface area contributed by atoms with Gasteiger partial charge in [-0.25, -0.2) is 18.4 Å². The molecule has 1 N–H and O–H groups in total. The summed E-state index contributed by atoms with van der Waals surface area (Å²) in [5.74, 6) is 1.62. The molecule has 5 heterocycles. The molecule has 2 aliphatic rings. The maximum Gasteiger partial charge on any atom is 0.162 e. The maximum absolute atomic E-state index is 12.0. The molecule has 0 aliphatic carbocycles. The van der Waals surface area contributed by atoms with Gasteiger partial charge in [-0.15, -0.1) is 11.3 Å². The van der Waals surface area contributed by atoms with Crippen LogP contribution in [0.5, 0.6) is 0 Å². The molecule has 1 aromatic carbocycles. The molecule has 9 nitrogen and oxygen atoms in total. The van der Waals surface area contributed by atoms with E-state index < -0.39 is 9.84 Å². The van der Waals surface area contributed by atoms with Gasteiger partial charge in [0.15, 0.2) is 21.5 Å². The van der Waals surface area contributed by atoms with Gasteiger partial charge in [0.1, 0.15) is 0 Å². The molecule has 11 heteroatoms. The number of anilines is 1. The fourth-order valence-electron chi connectivity index (χ4n) is 4.83. The summed E-state index contributed by atoms with van der Waals surface area (Å²) in [6.45, 7) is 5.04. The van der Waals surface area contributed by atoms with Crippen LogP contribution in [-0.4, -0.2) is 84.4 Å². The number of rotatable bonds is 5. The largest absolute Gasteiger partial charge is 0.378 e. The number of ether oxygens (including phenoxy) is 1.